The number of aliphatic imine (C=N–C) groups is 1. The molecule has 0 radical (unpaired) electrons. The van der Waals surface area contributed by atoms with E-state index in [4.69, 9.17) is 0 Å². The van der Waals surface area contributed by atoms with Gasteiger partial charge in [-0.15, -0.1) is 0 Å². The van der Waals surface area contributed by atoms with Crippen LogP contribution in [0.25, 0.3) is 0 Å². The molecule has 0 spiro atoms. The molecule has 7 heteroatoms. The van der Waals surface area contributed by atoms with Gasteiger partial charge in [-0.05, 0) is 45.4 Å². The van der Waals surface area contributed by atoms with Crippen LogP contribution in [0.1, 0.15) is 30.4 Å². The van der Waals surface area contributed by atoms with Gasteiger partial charge in [0.2, 0.25) is 0 Å². The first kappa shape index (κ1) is 19.8. The van der Waals surface area contributed by atoms with Crippen LogP contribution in [-0.4, -0.2) is 47.9 Å². The number of nitrogens with zero attached hydrogens (tertiary/aromatic N) is 5. The number of hydrogen-bond donors (Lipinski definition) is 2. The molecule has 0 fully saturated rings. The lowest BCUT2D eigenvalue weighted by Gasteiger charge is -2.13. The summed E-state index contributed by atoms with van der Waals surface area (Å²) in [5.41, 5.74) is 3.23. The maximum absolute atomic E-state index is 4.64. The van der Waals surface area contributed by atoms with Crippen LogP contribution < -0.4 is 15.5 Å². The van der Waals surface area contributed by atoms with Gasteiger partial charge in [-0.3, -0.25) is 4.68 Å². The van der Waals surface area contributed by atoms with E-state index in [1.807, 2.05) is 44.1 Å². The molecule has 2 aromatic rings. The van der Waals surface area contributed by atoms with Crippen molar-refractivity contribution in [3.8, 4) is 0 Å². The van der Waals surface area contributed by atoms with Crippen molar-refractivity contribution in [3.63, 3.8) is 0 Å². The van der Waals surface area contributed by atoms with E-state index in [0.717, 1.165) is 49.2 Å². The molecule has 2 rings (SSSR count). The molecule has 26 heavy (non-hydrogen) atoms. The van der Waals surface area contributed by atoms with E-state index in [-0.39, 0.29) is 0 Å². The van der Waals surface area contributed by atoms with Crippen molar-refractivity contribution in [3.05, 3.63) is 41.3 Å². The fraction of sp³-hybridized carbons (Fsp3) is 0.526. The minimum atomic E-state index is 0.550. The first-order valence-electron chi connectivity index (χ1n) is 9.16. The summed E-state index contributed by atoms with van der Waals surface area (Å²) >= 11 is 0. The lowest BCUT2D eigenvalue weighted by atomic mass is 10.3. The first-order chi connectivity index (χ1) is 12.5. The van der Waals surface area contributed by atoms with Crippen molar-refractivity contribution in [1.82, 2.24) is 25.4 Å². The summed E-state index contributed by atoms with van der Waals surface area (Å²) in [7, 11) is 3.98. The topological polar surface area (TPSA) is 70.4 Å². The number of pyridine rings is 1. The van der Waals surface area contributed by atoms with E-state index in [1.165, 1.54) is 5.69 Å². The van der Waals surface area contributed by atoms with E-state index >= 15 is 0 Å². The number of rotatable bonds is 8. The van der Waals surface area contributed by atoms with Gasteiger partial charge >= 0.3 is 0 Å². The highest BCUT2D eigenvalue weighted by atomic mass is 15.3. The first-order valence-corrected chi connectivity index (χ1v) is 9.16. The third kappa shape index (κ3) is 6.06. The van der Waals surface area contributed by atoms with Crippen molar-refractivity contribution in [2.24, 2.45) is 4.99 Å². The number of aromatic nitrogens is 3. The van der Waals surface area contributed by atoms with Crippen LogP contribution in [0.15, 0.2) is 29.3 Å². The van der Waals surface area contributed by atoms with Gasteiger partial charge in [-0.2, -0.15) is 5.10 Å². The monoisotopic (exact) mass is 357 g/mol. The molecule has 0 aromatic carbocycles. The molecule has 0 aliphatic carbocycles. The summed E-state index contributed by atoms with van der Waals surface area (Å²) in [6.07, 6.45) is 0.987. The van der Waals surface area contributed by atoms with E-state index in [1.54, 1.807) is 0 Å². The van der Waals surface area contributed by atoms with Gasteiger partial charge in [0, 0.05) is 39.4 Å². The zero-order valence-corrected chi connectivity index (χ0v) is 16.6. The summed E-state index contributed by atoms with van der Waals surface area (Å²) in [6, 6.07) is 8.12. The van der Waals surface area contributed by atoms with Gasteiger partial charge in [-0.1, -0.05) is 6.07 Å². The van der Waals surface area contributed by atoms with Gasteiger partial charge in [0.15, 0.2) is 5.96 Å². The van der Waals surface area contributed by atoms with Crippen molar-refractivity contribution >= 4 is 11.8 Å². The third-order valence-electron chi connectivity index (χ3n) is 3.94. The Morgan fingerprint density at radius 3 is 2.69 bits per heavy atom. The zero-order valence-electron chi connectivity index (χ0n) is 16.6. The third-order valence-corrected chi connectivity index (χ3v) is 3.94. The van der Waals surface area contributed by atoms with Crippen molar-refractivity contribution < 1.29 is 0 Å². The molecule has 0 amide bonds. The molecule has 0 unspecified atom stereocenters. The standard InChI is InChI=1S/C19H31N7/c1-6-20-19(21-11-8-12-26-16(3)13-15(2)24-26)22-14-17-9-7-10-18(23-17)25(4)5/h7,9-10,13H,6,8,11-12,14H2,1-5H3,(H2,20,21,22). The van der Waals surface area contributed by atoms with E-state index in [9.17, 15) is 0 Å². The van der Waals surface area contributed by atoms with E-state index in [0.29, 0.717) is 6.54 Å². The fourth-order valence-corrected chi connectivity index (χ4v) is 2.64. The number of guanidine groups is 1. The lowest BCUT2D eigenvalue weighted by Crippen LogP contribution is -2.38. The predicted molar refractivity (Wildman–Crippen MR) is 108 cm³/mol. The predicted octanol–water partition coefficient (Wildman–Crippen LogP) is 2.11. The molecule has 2 heterocycles. The average molecular weight is 358 g/mol. The minimum Gasteiger partial charge on any atom is -0.363 e. The molecular weight excluding hydrogens is 326 g/mol. The van der Waals surface area contributed by atoms with Crippen molar-refractivity contribution in [2.75, 3.05) is 32.1 Å². The highest BCUT2D eigenvalue weighted by Crippen LogP contribution is 2.08. The number of hydrogen-bond acceptors (Lipinski definition) is 4. The molecule has 0 saturated heterocycles. The Kier molecular flexibility index (Phi) is 7.44. The Morgan fingerprint density at radius 2 is 2.04 bits per heavy atom. The maximum Gasteiger partial charge on any atom is 0.191 e. The summed E-state index contributed by atoms with van der Waals surface area (Å²) in [4.78, 5) is 11.2. The largest absolute Gasteiger partial charge is 0.363 e. The molecule has 2 N–H and O–H groups in total. The van der Waals surface area contributed by atoms with Gasteiger partial charge in [0.05, 0.1) is 17.9 Å². The molecule has 0 aliphatic rings. The van der Waals surface area contributed by atoms with Gasteiger partial charge in [0.1, 0.15) is 5.82 Å². The summed E-state index contributed by atoms with van der Waals surface area (Å²) in [5.74, 6) is 1.76. The van der Waals surface area contributed by atoms with Crippen LogP contribution in [0.3, 0.4) is 0 Å². The Balaban J connectivity index is 1.86. The molecule has 7 nitrogen and oxygen atoms in total. The lowest BCUT2D eigenvalue weighted by molar-refractivity contribution is 0.555. The SMILES string of the molecule is CCNC(=NCc1cccc(N(C)C)n1)NCCCn1nc(C)cc1C. The van der Waals surface area contributed by atoms with Crippen LogP contribution in [0.4, 0.5) is 5.82 Å². The molecular formula is C19H31N7. The molecule has 0 atom stereocenters. The molecule has 0 bridgehead atoms. The van der Waals surface area contributed by atoms with E-state index in [2.05, 4.69) is 50.3 Å². The van der Waals surface area contributed by atoms with Crippen molar-refractivity contribution in [1.29, 1.82) is 0 Å². The molecule has 0 aliphatic heterocycles. The second-order valence-corrected chi connectivity index (χ2v) is 6.51. The molecule has 142 valence electrons. The van der Waals surface area contributed by atoms with Crippen LogP contribution in [0, 0.1) is 13.8 Å². The minimum absolute atomic E-state index is 0.550. The highest BCUT2D eigenvalue weighted by molar-refractivity contribution is 5.79. The fourth-order valence-electron chi connectivity index (χ4n) is 2.64. The average Bonchev–Trinajstić information content (AvgIpc) is 2.94. The number of anilines is 1. The second-order valence-electron chi connectivity index (χ2n) is 6.51. The van der Waals surface area contributed by atoms with Crippen LogP contribution in [0.5, 0.6) is 0 Å². The normalized spacial score (nSPS) is 11.5. The van der Waals surface area contributed by atoms with Crippen LogP contribution in [0.2, 0.25) is 0 Å². The van der Waals surface area contributed by atoms with Gasteiger partial charge in [0.25, 0.3) is 0 Å². The zero-order chi connectivity index (χ0) is 18.9. The Bertz CT molecular complexity index is 718. The maximum atomic E-state index is 4.64. The summed E-state index contributed by atoms with van der Waals surface area (Å²) in [5, 5.41) is 11.2. The van der Waals surface area contributed by atoms with Crippen LogP contribution >= 0.6 is 0 Å². The summed E-state index contributed by atoms with van der Waals surface area (Å²) < 4.78 is 2.05. The number of nitrogens with one attached hydrogen (secondary N) is 2. The van der Waals surface area contributed by atoms with Crippen molar-refractivity contribution in [2.45, 2.75) is 40.3 Å². The quantitative estimate of drug-likeness (QED) is 0.430. The van der Waals surface area contributed by atoms with Gasteiger partial charge in [-0.25, -0.2) is 9.98 Å². The van der Waals surface area contributed by atoms with E-state index < -0.39 is 0 Å². The second kappa shape index (κ2) is 9.79. The van der Waals surface area contributed by atoms with Gasteiger partial charge < -0.3 is 15.5 Å². The Labute approximate surface area is 156 Å². The Morgan fingerprint density at radius 1 is 1.23 bits per heavy atom. The molecule has 0 saturated carbocycles. The number of aryl methyl sites for hydroxylation is 3. The summed E-state index contributed by atoms with van der Waals surface area (Å²) in [6.45, 7) is 9.31. The Hall–Kier alpha value is -2.57. The smallest absolute Gasteiger partial charge is 0.191 e. The van der Waals surface area contributed by atoms with Crippen LogP contribution in [-0.2, 0) is 13.1 Å². The molecule has 2 aromatic heterocycles. The highest BCUT2D eigenvalue weighted by Gasteiger charge is 2.03.